The van der Waals surface area contributed by atoms with Crippen molar-refractivity contribution in [1.29, 1.82) is 5.26 Å². The van der Waals surface area contributed by atoms with Gasteiger partial charge in [-0.25, -0.2) is 9.97 Å². The molecule has 3 aromatic rings. The monoisotopic (exact) mass is 351 g/mol. The molecular formula is C19H18ClN5. The molecule has 2 heterocycles. The second kappa shape index (κ2) is 8.43. The van der Waals surface area contributed by atoms with Crippen molar-refractivity contribution < 1.29 is 0 Å². The van der Waals surface area contributed by atoms with E-state index in [0.717, 1.165) is 36.3 Å². The molecule has 5 nitrogen and oxygen atoms in total. The molecule has 0 fully saturated rings. The summed E-state index contributed by atoms with van der Waals surface area (Å²) in [6, 6.07) is 13.6. The molecule has 1 aromatic carbocycles. The molecule has 0 saturated heterocycles. The molecule has 0 amide bonds. The van der Waals surface area contributed by atoms with Crippen LogP contribution >= 0.6 is 11.6 Å². The van der Waals surface area contributed by atoms with Crippen LogP contribution in [0.4, 0.5) is 0 Å². The second-order valence-electron chi connectivity index (χ2n) is 5.70. The maximum absolute atomic E-state index is 8.86. The van der Waals surface area contributed by atoms with E-state index >= 15 is 0 Å². The van der Waals surface area contributed by atoms with Gasteiger partial charge in [0.25, 0.3) is 0 Å². The summed E-state index contributed by atoms with van der Waals surface area (Å²) in [5, 5.41) is 12.8. The van der Waals surface area contributed by atoms with Gasteiger partial charge in [0.05, 0.1) is 18.0 Å². The van der Waals surface area contributed by atoms with E-state index in [1.807, 2.05) is 48.9 Å². The molecule has 0 saturated carbocycles. The van der Waals surface area contributed by atoms with Crippen molar-refractivity contribution in [3.63, 3.8) is 0 Å². The van der Waals surface area contributed by atoms with Gasteiger partial charge in [0, 0.05) is 49.7 Å². The smallest absolute Gasteiger partial charge is 0.133 e. The van der Waals surface area contributed by atoms with E-state index in [-0.39, 0.29) is 0 Å². The summed E-state index contributed by atoms with van der Waals surface area (Å²) < 4.78 is 2.13. The molecule has 1 N–H and O–H groups in total. The van der Waals surface area contributed by atoms with Crippen LogP contribution in [0, 0.1) is 11.3 Å². The number of benzene rings is 1. The topological polar surface area (TPSA) is 66.5 Å². The number of aromatic nitrogens is 3. The number of imidazole rings is 1. The lowest BCUT2D eigenvalue weighted by Crippen LogP contribution is -2.18. The third kappa shape index (κ3) is 4.66. The minimum atomic E-state index is 0.542. The Hall–Kier alpha value is -2.68. The number of halogens is 1. The Morgan fingerprint density at radius 2 is 2.04 bits per heavy atom. The largest absolute Gasteiger partial charge is 0.330 e. The summed E-state index contributed by atoms with van der Waals surface area (Å²) in [6.07, 6.45) is 6.29. The summed E-state index contributed by atoms with van der Waals surface area (Å²) in [5.41, 5.74) is 3.98. The van der Waals surface area contributed by atoms with Gasteiger partial charge in [-0.3, -0.25) is 0 Å². The Morgan fingerprint density at radius 3 is 2.80 bits per heavy atom. The van der Waals surface area contributed by atoms with Crippen molar-refractivity contribution in [2.45, 2.75) is 19.5 Å². The van der Waals surface area contributed by atoms with Crippen molar-refractivity contribution in [2.24, 2.45) is 0 Å². The average Bonchev–Trinajstić information content (AvgIpc) is 3.08. The Bertz CT molecular complexity index is 864. The number of nitrogens with zero attached hydrogens (tertiary/aromatic N) is 4. The van der Waals surface area contributed by atoms with Crippen LogP contribution in [0.5, 0.6) is 0 Å². The van der Waals surface area contributed by atoms with E-state index in [4.69, 9.17) is 16.9 Å². The molecular weight excluding hydrogens is 334 g/mol. The highest BCUT2D eigenvalue weighted by Crippen LogP contribution is 2.11. The van der Waals surface area contributed by atoms with Crippen LogP contribution in [0.1, 0.15) is 22.4 Å². The molecule has 0 aliphatic rings. The van der Waals surface area contributed by atoms with E-state index < -0.39 is 0 Å². The van der Waals surface area contributed by atoms with E-state index in [1.54, 1.807) is 6.20 Å². The standard InChI is InChI=1S/C19H18ClN5/c20-19-17(2-1-8-24-19)11-22-9-7-18-12-23-14-25(18)13-16-5-3-15(10-21)4-6-16/h1-6,8,12,14,22H,7,9,11,13H2. The van der Waals surface area contributed by atoms with Gasteiger partial charge in [-0.2, -0.15) is 5.26 Å². The number of rotatable bonds is 7. The van der Waals surface area contributed by atoms with Crippen LogP contribution in [0.2, 0.25) is 5.15 Å². The first-order chi connectivity index (χ1) is 12.3. The van der Waals surface area contributed by atoms with Gasteiger partial charge in [-0.05, 0) is 23.8 Å². The van der Waals surface area contributed by atoms with Crippen molar-refractivity contribution in [2.75, 3.05) is 6.54 Å². The van der Waals surface area contributed by atoms with Gasteiger partial charge in [-0.15, -0.1) is 0 Å². The second-order valence-corrected chi connectivity index (χ2v) is 6.06. The fourth-order valence-corrected chi connectivity index (χ4v) is 2.76. The first-order valence-electron chi connectivity index (χ1n) is 8.04. The number of nitrogens with one attached hydrogen (secondary N) is 1. The minimum absolute atomic E-state index is 0.542. The lowest BCUT2D eigenvalue weighted by Gasteiger charge is -2.10. The van der Waals surface area contributed by atoms with Gasteiger partial charge in [0.1, 0.15) is 5.15 Å². The zero-order valence-corrected chi connectivity index (χ0v) is 14.4. The highest BCUT2D eigenvalue weighted by atomic mass is 35.5. The maximum Gasteiger partial charge on any atom is 0.133 e. The SMILES string of the molecule is N#Cc1ccc(Cn2cncc2CCNCc2cccnc2Cl)cc1. The summed E-state index contributed by atoms with van der Waals surface area (Å²) in [7, 11) is 0. The lowest BCUT2D eigenvalue weighted by molar-refractivity contribution is 0.651. The summed E-state index contributed by atoms with van der Waals surface area (Å²) in [5.74, 6) is 0. The molecule has 0 bridgehead atoms. The summed E-state index contributed by atoms with van der Waals surface area (Å²) in [4.78, 5) is 8.33. The summed E-state index contributed by atoms with van der Waals surface area (Å²) in [6.45, 7) is 2.26. The lowest BCUT2D eigenvalue weighted by atomic mass is 10.1. The fraction of sp³-hybridized carbons (Fsp3) is 0.211. The minimum Gasteiger partial charge on any atom is -0.330 e. The molecule has 0 atom stereocenters. The Balaban J connectivity index is 1.53. The van der Waals surface area contributed by atoms with Crippen molar-refractivity contribution in [3.8, 4) is 6.07 Å². The first-order valence-corrected chi connectivity index (χ1v) is 8.42. The van der Waals surface area contributed by atoms with E-state index in [1.165, 1.54) is 0 Å². The third-order valence-electron chi connectivity index (χ3n) is 3.94. The van der Waals surface area contributed by atoms with Crippen LogP contribution in [0.15, 0.2) is 55.1 Å². The van der Waals surface area contributed by atoms with E-state index in [2.05, 4.69) is 25.9 Å². The first kappa shape index (κ1) is 17.2. The Morgan fingerprint density at radius 1 is 1.20 bits per heavy atom. The number of nitriles is 1. The highest BCUT2D eigenvalue weighted by Gasteiger charge is 2.04. The van der Waals surface area contributed by atoms with Gasteiger partial charge in [0.15, 0.2) is 0 Å². The molecule has 6 heteroatoms. The number of pyridine rings is 1. The molecule has 0 aliphatic carbocycles. The van der Waals surface area contributed by atoms with Gasteiger partial charge in [0.2, 0.25) is 0 Å². The summed E-state index contributed by atoms with van der Waals surface area (Å²) >= 11 is 6.05. The number of hydrogen-bond donors (Lipinski definition) is 1. The van der Waals surface area contributed by atoms with Crippen LogP contribution in [-0.4, -0.2) is 21.1 Å². The molecule has 0 spiro atoms. The Labute approximate surface area is 151 Å². The predicted octanol–water partition coefficient (Wildman–Crippen LogP) is 3.18. The quantitative estimate of drug-likeness (QED) is 0.524. The van der Waals surface area contributed by atoms with Crippen molar-refractivity contribution in [1.82, 2.24) is 19.9 Å². The highest BCUT2D eigenvalue weighted by molar-refractivity contribution is 6.30. The average molecular weight is 352 g/mol. The normalized spacial score (nSPS) is 10.6. The van der Waals surface area contributed by atoms with Crippen molar-refractivity contribution >= 4 is 11.6 Å². The van der Waals surface area contributed by atoms with Crippen LogP contribution in [0.3, 0.4) is 0 Å². The van der Waals surface area contributed by atoms with Crippen LogP contribution < -0.4 is 5.32 Å². The molecule has 0 aliphatic heterocycles. The maximum atomic E-state index is 8.86. The fourth-order valence-electron chi connectivity index (χ4n) is 2.57. The van der Waals surface area contributed by atoms with Gasteiger partial charge in [-0.1, -0.05) is 29.8 Å². The molecule has 25 heavy (non-hydrogen) atoms. The molecule has 126 valence electrons. The van der Waals surface area contributed by atoms with E-state index in [0.29, 0.717) is 17.3 Å². The van der Waals surface area contributed by atoms with Gasteiger partial charge >= 0.3 is 0 Å². The van der Waals surface area contributed by atoms with Gasteiger partial charge < -0.3 is 9.88 Å². The molecule has 0 radical (unpaired) electrons. The zero-order chi connectivity index (χ0) is 17.5. The predicted molar refractivity (Wildman–Crippen MR) is 97.1 cm³/mol. The zero-order valence-electron chi connectivity index (χ0n) is 13.7. The number of hydrogen-bond acceptors (Lipinski definition) is 4. The van der Waals surface area contributed by atoms with Crippen LogP contribution in [-0.2, 0) is 19.5 Å². The molecule has 0 unspecified atom stereocenters. The van der Waals surface area contributed by atoms with Crippen LogP contribution in [0.25, 0.3) is 0 Å². The third-order valence-corrected chi connectivity index (χ3v) is 4.28. The molecule has 2 aromatic heterocycles. The molecule has 3 rings (SSSR count). The Kier molecular flexibility index (Phi) is 5.78. The van der Waals surface area contributed by atoms with E-state index in [9.17, 15) is 0 Å². The van der Waals surface area contributed by atoms with Crippen molar-refractivity contribution in [3.05, 3.63) is 82.7 Å².